The number of hydrogen-bond donors (Lipinski definition) is 6. The van der Waals surface area contributed by atoms with Crippen LogP contribution in [0.15, 0.2) is 73.1 Å². The third-order valence-corrected chi connectivity index (χ3v) is 18.5. The van der Waals surface area contributed by atoms with E-state index in [0.29, 0.717) is 110 Å². The molecule has 0 spiro atoms. The average Bonchev–Trinajstić information content (AvgIpc) is 1.30. The number of methoxy groups -OCH3 is 1. The van der Waals surface area contributed by atoms with E-state index in [4.69, 9.17) is 14.5 Å². The van der Waals surface area contributed by atoms with Crippen LogP contribution in [0.25, 0.3) is 11.1 Å². The maximum Gasteiger partial charge on any atom is 0.407 e. The van der Waals surface area contributed by atoms with Crippen LogP contribution in [0, 0.1) is 34.3 Å². The number of aliphatic hydroxyl groups is 1. The first-order valence-electron chi connectivity index (χ1n) is 29.8. The number of nitrogens with one attached hydrogen (secondary N) is 4. The summed E-state index contributed by atoms with van der Waals surface area (Å²) in [5, 5.41) is 28.2. The Hall–Kier alpha value is -7.42. The number of aliphatic hydroxyl groups excluding tert-OH is 1. The zero-order chi connectivity index (χ0) is 64.6. The van der Waals surface area contributed by atoms with Gasteiger partial charge in [0.25, 0.3) is 5.91 Å². The number of carbonyl (C=O) groups excluding carboxylic acids is 3. The Morgan fingerprint density at radius 1 is 0.656 bits per heavy atom. The van der Waals surface area contributed by atoms with E-state index < -0.39 is 108 Å². The van der Waals surface area contributed by atoms with Gasteiger partial charge in [-0.1, -0.05) is 24.0 Å². The number of alkyl carbamates (subject to hydrolysis) is 1. The molecule has 0 saturated carbocycles. The molecular weight excluding hydrogens is 1190 g/mol. The van der Waals surface area contributed by atoms with Gasteiger partial charge in [-0.25, -0.2) is 33.3 Å². The van der Waals surface area contributed by atoms with Gasteiger partial charge in [0, 0.05) is 98.1 Å². The van der Waals surface area contributed by atoms with E-state index in [1.54, 1.807) is 35.8 Å². The zero-order valence-corrected chi connectivity index (χ0v) is 50.2. The molecule has 8 heterocycles. The lowest BCUT2D eigenvalue weighted by atomic mass is 9.82. The highest BCUT2D eigenvalue weighted by Gasteiger charge is 2.57. The third-order valence-electron chi connectivity index (χ3n) is 18.5. The molecule has 4 amide bonds. The van der Waals surface area contributed by atoms with Crippen LogP contribution in [0.3, 0.4) is 0 Å². The molecule has 6 saturated heterocycles. The van der Waals surface area contributed by atoms with Crippen molar-refractivity contribution in [3.05, 3.63) is 107 Å². The van der Waals surface area contributed by atoms with Crippen molar-refractivity contribution >= 4 is 35.6 Å². The van der Waals surface area contributed by atoms with Crippen molar-refractivity contribution in [3.8, 4) is 23.0 Å². The number of fused-ring (bicyclic) bond motifs is 4. The Morgan fingerprint density at radius 2 is 1.13 bits per heavy atom. The Kier molecular flexibility index (Phi) is 19.2. The molecule has 6 aliphatic heterocycles. The number of ether oxygens (including phenoxy) is 3. The van der Waals surface area contributed by atoms with E-state index in [2.05, 4.69) is 51.9 Å². The number of amides is 4. The highest BCUT2D eigenvalue weighted by atomic mass is 19.4. The molecule has 90 heavy (non-hydrogen) atoms. The van der Waals surface area contributed by atoms with E-state index in [-0.39, 0.29) is 5.56 Å². The SMILES string of the molecule is COC(=O)NC(C(=O)NC(Cc1ccc(C#Cc2ccc(N3CC4CCC(C3)N4C3COC3)nc2)cc1)C(O)CN(Cc1c(F)cc(-c2ccc(N3CC4CCC(C3)N4C3COC3)nc2)cc1F)NC(=O)C(NC(=O)O)C(C)(C)C(F)(F)F)C(C)(C)C(F)(F)F. The molecule has 10 rings (SSSR count). The molecule has 28 heteroatoms. The topological polar surface area (TPSA) is 227 Å². The number of pyridine rings is 2. The maximum absolute atomic E-state index is 16.6. The van der Waals surface area contributed by atoms with Crippen molar-refractivity contribution in [2.45, 2.75) is 139 Å². The number of hydrogen-bond acceptors (Lipinski definition) is 15. The van der Waals surface area contributed by atoms with Gasteiger partial charge in [0.05, 0.1) is 68.6 Å². The van der Waals surface area contributed by atoms with Crippen LogP contribution < -0.4 is 31.2 Å². The first-order valence-corrected chi connectivity index (χ1v) is 29.8. The van der Waals surface area contributed by atoms with Crippen LogP contribution >= 0.6 is 0 Å². The minimum absolute atomic E-state index is 0.0188. The molecular formula is C62H73F8N11O9. The predicted octanol–water partition coefficient (Wildman–Crippen LogP) is 6.38. The lowest BCUT2D eigenvalue weighted by Crippen LogP contribution is -2.63. The average molecular weight is 1270 g/mol. The Labute approximate surface area is 514 Å². The summed E-state index contributed by atoms with van der Waals surface area (Å²) < 4.78 is 136. The summed E-state index contributed by atoms with van der Waals surface area (Å²) in [6.07, 6.45) is -9.06. The molecule has 6 fully saturated rings. The minimum Gasteiger partial charge on any atom is -0.465 e. The van der Waals surface area contributed by atoms with Gasteiger partial charge in [0.1, 0.15) is 35.4 Å². The summed E-state index contributed by atoms with van der Waals surface area (Å²) in [6.45, 7) is 6.22. The molecule has 8 atom stereocenters. The molecule has 2 aromatic carbocycles. The van der Waals surface area contributed by atoms with Gasteiger partial charge in [-0.2, -0.15) is 26.3 Å². The normalized spacial score (nSPS) is 22.1. The number of rotatable bonds is 20. The van der Waals surface area contributed by atoms with E-state index in [9.17, 15) is 55.7 Å². The van der Waals surface area contributed by atoms with Crippen molar-refractivity contribution in [2.24, 2.45) is 10.8 Å². The number of carbonyl (C=O) groups is 4. The van der Waals surface area contributed by atoms with Gasteiger partial charge >= 0.3 is 24.5 Å². The second kappa shape index (κ2) is 26.4. The molecule has 2 aromatic heterocycles. The summed E-state index contributed by atoms with van der Waals surface area (Å²) in [4.78, 5) is 71.7. The third kappa shape index (κ3) is 14.2. The molecule has 6 N–H and O–H groups in total. The molecule has 4 bridgehead atoms. The number of piperazine rings is 2. The molecule has 8 unspecified atom stereocenters. The molecule has 486 valence electrons. The highest BCUT2D eigenvalue weighted by Crippen LogP contribution is 2.43. The van der Waals surface area contributed by atoms with E-state index in [0.717, 1.165) is 90.1 Å². The fourth-order valence-corrected chi connectivity index (χ4v) is 12.9. The predicted molar refractivity (Wildman–Crippen MR) is 311 cm³/mol. The lowest BCUT2D eigenvalue weighted by Gasteiger charge is -2.48. The fraction of sp³-hybridized carbons (Fsp3) is 0.548. The number of aromatic nitrogens is 2. The first kappa shape index (κ1) is 65.5. The van der Waals surface area contributed by atoms with E-state index >= 15 is 8.78 Å². The second-order valence-electron chi connectivity index (χ2n) is 25.2. The van der Waals surface area contributed by atoms with Crippen LogP contribution in [-0.4, -0.2) is 198 Å². The molecule has 4 aromatic rings. The van der Waals surface area contributed by atoms with Crippen molar-refractivity contribution in [1.82, 2.24) is 46.2 Å². The van der Waals surface area contributed by atoms with Crippen molar-refractivity contribution in [1.29, 1.82) is 0 Å². The van der Waals surface area contributed by atoms with Crippen LogP contribution in [0.5, 0.6) is 0 Å². The number of alkyl halides is 6. The number of nitrogens with zero attached hydrogens (tertiary/aromatic N) is 7. The van der Waals surface area contributed by atoms with Crippen LogP contribution in [0.1, 0.15) is 75.6 Å². The van der Waals surface area contributed by atoms with Crippen LogP contribution in [0.4, 0.5) is 56.3 Å². The smallest absolute Gasteiger partial charge is 0.407 e. The number of anilines is 2. The van der Waals surface area contributed by atoms with Crippen molar-refractivity contribution < 1.29 is 78.7 Å². The first-order chi connectivity index (χ1) is 42.6. The molecule has 6 aliphatic rings. The fourth-order valence-electron chi connectivity index (χ4n) is 12.9. The summed E-state index contributed by atoms with van der Waals surface area (Å²) in [6, 6.07) is 10.7. The van der Waals surface area contributed by atoms with Crippen molar-refractivity contribution in [3.63, 3.8) is 0 Å². The molecule has 0 aliphatic carbocycles. The van der Waals surface area contributed by atoms with Crippen molar-refractivity contribution in [2.75, 3.05) is 76.1 Å². The monoisotopic (exact) mass is 1270 g/mol. The highest BCUT2D eigenvalue weighted by molar-refractivity contribution is 5.87. The Morgan fingerprint density at radius 3 is 1.57 bits per heavy atom. The van der Waals surface area contributed by atoms with Gasteiger partial charge in [-0.15, -0.1) is 0 Å². The standard InChI is InChI=1S/C62H73F8N11O9/c1-59(2,61(65,66)67)53(75-58(87)88-5)55(83)73-49(20-36-9-6-35(7-10-36)8-11-37-12-18-51(71-23-37)77-25-40-14-15-41(26-77)80(40)44-31-89-32-44)50(82)30-79(76-56(84)54(74-57(85)86)60(3,4)62(68,69)70)29-46-47(63)21-39(22-48(46)64)38-13-19-52(72-24-38)78-27-42-16-17-43(28-78)81(42)45-33-90-34-45/h6-7,9-10,12-13,18-19,21-24,40-45,49-50,53-54,74,82H,14-17,20,25-34H2,1-5H3,(H,73,83)(H,75,87)(H,76,84)(H,85,86). The van der Waals surface area contributed by atoms with Gasteiger partial charge in [-0.3, -0.25) is 24.8 Å². The second-order valence-corrected chi connectivity index (χ2v) is 25.2. The molecule has 20 nitrogen and oxygen atoms in total. The minimum atomic E-state index is -5.25. The van der Waals surface area contributed by atoms with Crippen LogP contribution in [-0.2, 0) is 36.8 Å². The molecule has 0 radical (unpaired) electrons. The summed E-state index contributed by atoms with van der Waals surface area (Å²) in [7, 11) is 0.845. The maximum atomic E-state index is 16.6. The van der Waals surface area contributed by atoms with E-state index in [1.807, 2.05) is 17.4 Å². The lowest BCUT2D eigenvalue weighted by molar-refractivity contribution is -0.221. The van der Waals surface area contributed by atoms with Gasteiger partial charge in [-0.05, 0) is 119 Å². The quantitative estimate of drug-likeness (QED) is 0.0321. The zero-order valence-electron chi connectivity index (χ0n) is 50.2. The largest absolute Gasteiger partial charge is 0.465 e. The number of carboxylic acid groups (broad SMARTS) is 1. The summed E-state index contributed by atoms with van der Waals surface area (Å²) >= 11 is 0. The van der Waals surface area contributed by atoms with Gasteiger partial charge < -0.3 is 50.2 Å². The Bertz CT molecular complexity index is 3260. The Balaban J connectivity index is 0.905. The van der Waals surface area contributed by atoms with E-state index in [1.165, 1.54) is 18.3 Å². The summed E-state index contributed by atoms with van der Waals surface area (Å²) in [5.74, 6) is 1.90. The number of benzene rings is 2. The van der Waals surface area contributed by atoms with Gasteiger partial charge in [0.15, 0.2) is 0 Å². The number of halogens is 8. The summed E-state index contributed by atoms with van der Waals surface area (Å²) in [5.41, 5.74) is -3.19. The van der Waals surface area contributed by atoms with Gasteiger partial charge in [0.2, 0.25) is 5.91 Å². The number of hydrazine groups is 1. The van der Waals surface area contributed by atoms with Crippen LogP contribution in [0.2, 0.25) is 0 Å².